The largest absolute Gasteiger partial charge is 0.414 e. The van der Waals surface area contributed by atoms with Crippen molar-refractivity contribution in [3.8, 4) is 0 Å². The van der Waals surface area contributed by atoms with Crippen molar-refractivity contribution >= 4 is 0 Å². The number of rotatable bonds is 0. The van der Waals surface area contributed by atoms with Gasteiger partial charge in [-0.2, -0.15) is 13.2 Å². The van der Waals surface area contributed by atoms with E-state index in [1.807, 2.05) is 0 Å². The molecule has 2 nitrogen and oxygen atoms in total. The number of allylic oxidation sites excluding steroid dienone is 3. The Morgan fingerprint density at radius 1 is 1.43 bits per heavy atom. The molecular weight excluding hydrogens is 193 g/mol. The average Bonchev–Trinajstić information content (AvgIpc) is 2.47. The molecule has 0 fully saturated rings. The molecule has 0 aromatic rings. The van der Waals surface area contributed by atoms with E-state index in [1.54, 1.807) is 12.3 Å². The minimum Gasteiger partial charge on any atom is -0.398 e. The van der Waals surface area contributed by atoms with Crippen molar-refractivity contribution in [1.29, 1.82) is 0 Å². The van der Waals surface area contributed by atoms with Gasteiger partial charge in [0.05, 0.1) is 5.57 Å². The summed E-state index contributed by atoms with van der Waals surface area (Å²) in [6.45, 7) is 0. The van der Waals surface area contributed by atoms with Crippen LogP contribution in [0.5, 0.6) is 0 Å². The maximum absolute atomic E-state index is 12.4. The molecule has 1 atom stereocenters. The van der Waals surface area contributed by atoms with Gasteiger partial charge in [0.15, 0.2) is 0 Å². The van der Waals surface area contributed by atoms with E-state index in [9.17, 15) is 13.2 Å². The van der Waals surface area contributed by atoms with Crippen LogP contribution in [-0.2, 0) is 0 Å². The van der Waals surface area contributed by atoms with E-state index >= 15 is 0 Å². The number of hydrogen-bond donors (Lipinski definition) is 2. The van der Waals surface area contributed by atoms with Crippen molar-refractivity contribution in [3.63, 3.8) is 0 Å². The number of alkyl halides is 3. The first-order chi connectivity index (χ1) is 6.48. The summed E-state index contributed by atoms with van der Waals surface area (Å²) in [6, 6.07) is 0. The minimum absolute atomic E-state index is 0.0648. The predicted octanol–water partition coefficient (Wildman–Crippen LogP) is 1.78. The molecule has 0 bridgehead atoms. The van der Waals surface area contributed by atoms with Crippen LogP contribution in [0.15, 0.2) is 35.3 Å². The van der Waals surface area contributed by atoms with Crippen LogP contribution < -0.4 is 11.1 Å². The van der Waals surface area contributed by atoms with Crippen LogP contribution in [0.3, 0.4) is 0 Å². The zero-order valence-electron chi connectivity index (χ0n) is 7.23. The molecule has 0 saturated heterocycles. The molecule has 0 aromatic carbocycles. The lowest BCUT2D eigenvalue weighted by molar-refractivity contribution is -0.0955. The molecule has 0 radical (unpaired) electrons. The number of nitrogens with two attached hydrogens (primary N) is 1. The third-order valence-corrected chi connectivity index (χ3v) is 2.40. The third-order valence-electron chi connectivity index (χ3n) is 2.40. The summed E-state index contributed by atoms with van der Waals surface area (Å²) >= 11 is 0. The molecule has 1 heterocycles. The van der Waals surface area contributed by atoms with Crippen molar-refractivity contribution < 1.29 is 13.2 Å². The van der Waals surface area contributed by atoms with E-state index in [0.717, 1.165) is 5.70 Å². The average molecular weight is 202 g/mol. The van der Waals surface area contributed by atoms with Crippen LogP contribution in [0.4, 0.5) is 13.2 Å². The van der Waals surface area contributed by atoms with Crippen molar-refractivity contribution in [2.75, 3.05) is 0 Å². The first-order valence-electron chi connectivity index (χ1n) is 4.19. The summed E-state index contributed by atoms with van der Waals surface area (Å²) in [7, 11) is 0. The molecule has 5 heteroatoms. The highest BCUT2D eigenvalue weighted by atomic mass is 19.4. The summed E-state index contributed by atoms with van der Waals surface area (Å²) in [4.78, 5) is 0. The molecule has 76 valence electrons. The normalized spacial score (nSPS) is 25.9. The van der Waals surface area contributed by atoms with E-state index in [1.165, 1.54) is 6.08 Å². The molecule has 0 amide bonds. The maximum atomic E-state index is 12.4. The Morgan fingerprint density at radius 2 is 2.14 bits per heavy atom. The van der Waals surface area contributed by atoms with Gasteiger partial charge < -0.3 is 11.1 Å². The second-order valence-electron chi connectivity index (χ2n) is 3.35. The van der Waals surface area contributed by atoms with Gasteiger partial charge >= 0.3 is 6.18 Å². The third kappa shape index (κ3) is 1.38. The van der Waals surface area contributed by atoms with Gasteiger partial charge in [-0.05, 0) is 18.7 Å². The number of fused-ring (bicyclic) bond motifs is 1. The lowest BCUT2D eigenvalue weighted by Gasteiger charge is -2.22. The first kappa shape index (κ1) is 9.18. The molecule has 14 heavy (non-hydrogen) atoms. The Hall–Kier alpha value is -1.39. The Bertz CT molecular complexity index is 350. The monoisotopic (exact) mass is 202 g/mol. The van der Waals surface area contributed by atoms with Gasteiger partial charge in [0.2, 0.25) is 0 Å². The van der Waals surface area contributed by atoms with Crippen molar-refractivity contribution in [3.05, 3.63) is 35.3 Å². The van der Waals surface area contributed by atoms with Gasteiger partial charge in [-0.25, -0.2) is 0 Å². The van der Waals surface area contributed by atoms with Crippen molar-refractivity contribution in [1.82, 2.24) is 5.32 Å². The van der Waals surface area contributed by atoms with Crippen LogP contribution in [0.25, 0.3) is 0 Å². The topological polar surface area (TPSA) is 38.0 Å². The molecular formula is C9H9F3N2. The molecule has 1 aliphatic heterocycles. The highest BCUT2D eigenvalue weighted by Crippen LogP contribution is 2.38. The summed E-state index contributed by atoms with van der Waals surface area (Å²) in [5, 5.41) is 2.86. The van der Waals surface area contributed by atoms with Gasteiger partial charge in [-0.3, -0.25) is 0 Å². The van der Waals surface area contributed by atoms with E-state index < -0.39 is 11.7 Å². The van der Waals surface area contributed by atoms with E-state index in [4.69, 9.17) is 5.73 Å². The Morgan fingerprint density at radius 3 is 2.79 bits per heavy atom. The Labute approximate surface area is 79.0 Å². The molecule has 3 N–H and O–H groups in total. The second kappa shape index (κ2) is 2.80. The summed E-state index contributed by atoms with van der Waals surface area (Å²) < 4.78 is 37.3. The molecule has 1 unspecified atom stereocenters. The standard InChI is InChI=1S/C9H9F3N2/c10-9(11,12)6-3-5-1-2-14-8(5)4-7(6)13/h1-2,4-5,14H,3,13H2. The number of nitrogens with one attached hydrogen (secondary N) is 1. The fourth-order valence-electron chi connectivity index (χ4n) is 1.67. The number of hydrogen-bond acceptors (Lipinski definition) is 2. The Kier molecular flexibility index (Phi) is 1.83. The van der Waals surface area contributed by atoms with E-state index in [2.05, 4.69) is 5.32 Å². The second-order valence-corrected chi connectivity index (χ2v) is 3.35. The predicted molar refractivity (Wildman–Crippen MR) is 45.7 cm³/mol. The number of halogens is 3. The van der Waals surface area contributed by atoms with Crippen molar-refractivity contribution in [2.45, 2.75) is 12.6 Å². The van der Waals surface area contributed by atoms with Gasteiger partial charge in [0.1, 0.15) is 0 Å². The highest BCUT2D eigenvalue weighted by Gasteiger charge is 2.39. The first-order valence-corrected chi connectivity index (χ1v) is 4.19. The van der Waals surface area contributed by atoms with E-state index in [0.29, 0.717) is 0 Å². The van der Waals surface area contributed by atoms with Crippen LogP contribution in [0, 0.1) is 5.92 Å². The van der Waals surface area contributed by atoms with Gasteiger partial charge in [0, 0.05) is 17.3 Å². The maximum Gasteiger partial charge on any atom is 0.414 e. The smallest absolute Gasteiger partial charge is 0.398 e. The fourth-order valence-corrected chi connectivity index (χ4v) is 1.67. The quantitative estimate of drug-likeness (QED) is 0.628. The van der Waals surface area contributed by atoms with Crippen LogP contribution in [0.1, 0.15) is 6.42 Å². The SMILES string of the molecule is NC1=C(C(F)(F)F)CC2C=CNC2=C1. The molecule has 2 aliphatic rings. The summed E-state index contributed by atoms with van der Waals surface area (Å²) in [5.74, 6) is -0.195. The Balaban J connectivity index is 2.35. The summed E-state index contributed by atoms with van der Waals surface area (Å²) in [5.41, 5.74) is 5.28. The van der Waals surface area contributed by atoms with Gasteiger partial charge in [-0.1, -0.05) is 6.08 Å². The van der Waals surface area contributed by atoms with Crippen LogP contribution >= 0.6 is 0 Å². The van der Waals surface area contributed by atoms with E-state index in [-0.39, 0.29) is 18.0 Å². The van der Waals surface area contributed by atoms with Gasteiger partial charge in [-0.15, -0.1) is 0 Å². The van der Waals surface area contributed by atoms with Crippen LogP contribution in [0.2, 0.25) is 0 Å². The van der Waals surface area contributed by atoms with Gasteiger partial charge in [0.25, 0.3) is 0 Å². The molecule has 0 saturated carbocycles. The molecule has 0 spiro atoms. The zero-order chi connectivity index (χ0) is 10.3. The van der Waals surface area contributed by atoms with Crippen LogP contribution in [-0.4, -0.2) is 6.18 Å². The highest BCUT2D eigenvalue weighted by molar-refractivity contribution is 5.39. The molecule has 1 aliphatic carbocycles. The lowest BCUT2D eigenvalue weighted by atomic mass is 9.91. The summed E-state index contributed by atoms with van der Waals surface area (Å²) in [6.07, 6.45) is 0.331. The van der Waals surface area contributed by atoms with Crippen molar-refractivity contribution in [2.24, 2.45) is 11.7 Å². The lowest BCUT2D eigenvalue weighted by Crippen LogP contribution is -2.24. The zero-order valence-corrected chi connectivity index (χ0v) is 7.23. The molecule has 0 aromatic heterocycles. The fraction of sp³-hybridized carbons (Fsp3) is 0.333. The molecule has 2 rings (SSSR count). The minimum atomic E-state index is -4.32.